The lowest BCUT2D eigenvalue weighted by Crippen LogP contribution is -2.41. The first kappa shape index (κ1) is 19.2. The van der Waals surface area contributed by atoms with Crippen LogP contribution in [0.15, 0.2) is 0 Å². The van der Waals surface area contributed by atoms with Gasteiger partial charge in [0.25, 0.3) is 0 Å². The van der Waals surface area contributed by atoms with E-state index in [1.165, 1.54) is 57.8 Å². The molecule has 1 rings (SSSR count). The van der Waals surface area contributed by atoms with E-state index in [1.807, 2.05) is 0 Å². The lowest BCUT2D eigenvalue weighted by Gasteiger charge is -2.51. The highest BCUT2D eigenvalue weighted by atomic mass is 14.4. The predicted octanol–water partition coefficient (Wildman–Crippen LogP) is 4.83. The monoisotopic (exact) mass is 290 g/mol. The van der Waals surface area contributed by atoms with Crippen LogP contribution < -0.4 is 0 Å². The fraction of sp³-hybridized carbons (Fsp3) is 1.00. The zero-order chi connectivity index (χ0) is 16.1. The van der Waals surface area contributed by atoms with Crippen molar-refractivity contribution in [1.82, 2.24) is 0 Å². The maximum atomic E-state index is 2.59. The van der Waals surface area contributed by atoms with Gasteiger partial charge >= 0.3 is 0 Å². The Hall–Kier alpha value is 0.130. The summed E-state index contributed by atoms with van der Waals surface area (Å²) in [6.45, 7) is 12.2. The second-order valence-corrected chi connectivity index (χ2v) is 9.07. The van der Waals surface area contributed by atoms with Crippen molar-refractivity contribution in [2.75, 3.05) is 0 Å². The van der Waals surface area contributed by atoms with Crippen molar-refractivity contribution in [3.63, 3.8) is 0 Å². The summed E-state index contributed by atoms with van der Waals surface area (Å²) in [5, 5.41) is 0.468. The average Bonchev–Trinajstić information content (AvgIpc) is 2.37. The van der Waals surface area contributed by atoms with E-state index in [0.717, 1.165) is 17.8 Å². The molecule has 0 nitrogen and oxygen atoms in total. The van der Waals surface area contributed by atoms with Crippen molar-refractivity contribution >= 4 is 15.7 Å². The van der Waals surface area contributed by atoms with Crippen molar-refractivity contribution in [2.45, 2.75) is 97.6 Å². The zero-order valence-corrected chi connectivity index (χ0v) is 16.1. The van der Waals surface area contributed by atoms with Gasteiger partial charge in [0.1, 0.15) is 15.7 Å². The number of hydrogen-bond acceptors (Lipinski definition) is 0. The van der Waals surface area contributed by atoms with Crippen LogP contribution in [0.5, 0.6) is 0 Å². The van der Waals surface area contributed by atoms with Crippen LogP contribution in [0.1, 0.15) is 92.4 Å². The molecule has 0 N–H and O–H groups in total. The molecule has 0 radical (unpaired) electrons. The summed E-state index contributed by atoms with van der Waals surface area (Å²) in [5.41, 5.74) is 0.520. The quantitative estimate of drug-likeness (QED) is 0.399. The number of rotatable bonds is 10. The first-order chi connectivity index (χ1) is 9.76. The van der Waals surface area contributed by atoms with Gasteiger partial charge < -0.3 is 0 Å². The smallest absolute Gasteiger partial charge is 0.0769 e. The van der Waals surface area contributed by atoms with Gasteiger partial charge in [-0.15, -0.1) is 0 Å². The topological polar surface area (TPSA) is 0 Å². The minimum absolute atomic E-state index is 0.468. The molecule has 0 aromatic carbocycles. The van der Waals surface area contributed by atoms with Crippen LogP contribution in [0.3, 0.4) is 0 Å². The first-order valence-electron chi connectivity index (χ1n) is 9.76. The molecule has 0 saturated heterocycles. The molecule has 1 saturated carbocycles. The van der Waals surface area contributed by atoms with E-state index in [4.69, 9.17) is 0 Å². The zero-order valence-electron chi connectivity index (χ0n) is 16.1. The Balaban J connectivity index is 2.67. The summed E-state index contributed by atoms with van der Waals surface area (Å²) < 4.78 is 0. The summed E-state index contributed by atoms with van der Waals surface area (Å²) in [6.07, 6.45) is 12.8. The Bertz CT molecular complexity index is 294. The molecule has 1 aliphatic rings. The fourth-order valence-corrected chi connectivity index (χ4v) is 4.74. The Morgan fingerprint density at radius 1 is 1.05 bits per heavy atom. The van der Waals surface area contributed by atoms with E-state index in [-0.39, 0.29) is 0 Å². The Labute approximate surface area is 137 Å². The molecule has 0 heterocycles. The minimum Gasteiger partial charge on any atom is -0.0769 e. The normalized spacial score (nSPS) is 26.9. The molecule has 1 aliphatic carbocycles. The highest BCUT2D eigenvalue weighted by Crippen LogP contribution is 2.55. The van der Waals surface area contributed by atoms with Crippen LogP contribution in [0.25, 0.3) is 0 Å². The Kier molecular flexibility index (Phi) is 7.41. The summed E-state index contributed by atoms with van der Waals surface area (Å²) in [4.78, 5) is 0. The van der Waals surface area contributed by atoms with Gasteiger partial charge in [-0.2, -0.15) is 0 Å². The molecule has 0 aliphatic heterocycles. The van der Waals surface area contributed by atoms with Crippen LogP contribution in [-0.4, -0.2) is 15.7 Å². The maximum Gasteiger partial charge on any atom is 0.100 e. The van der Waals surface area contributed by atoms with E-state index in [1.54, 1.807) is 0 Å². The van der Waals surface area contributed by atoms with Crippen molar-refractivity contribution < 1.29 is 0 Å². The molecule has 0 bridgehead atoms. The largest absolute Gasteiger partial charge is 0.100 e. The van der Waals surface area contributed by atoms with E-state index >= 15 is 0 Å². The minimum atomic E-state index is 0.468. The first-order valence-corrected chi connectivity index (χ1v) is 9.76. The molecule has 0 aromatic rings. The van der Waals surface area contributed by atoms with E-state index < -0.39 is 0 Å². The van der Waals surface area contributed by atoms with E-state index in [2.05, 4.69) is 50.3 Å². The Morgan fingerprint density at radius 3 is 2.14 bits per heavy atom. The van der Waals surface area contributed by atoms with Crippen LogP contribution in [0, 0.1) is 23.2 Å². The summed E-state index contributed by atoms with van der Waals surface area (Å²) in [7, 11) is 5.14. The molecular formula is C19H40B2. The van der Waals surface area contributed by atoms with Gasteiger partial charge in [0.05, 0.1) is 0 Å². The van der Waals surface area contributed by atoms with Crippen molar-refractivity contribution in [3.05, 3.63) is 0 Å². The second-order valence-electron chi connectivity index (χ2n) is 9.07. The molecule has 2 atom stereocenters. The van der Waals surface area contributed by atoms with Crippen LogP contribution in [-0.2, 0) is 0 Å². The molecular weight excluding hydrogens is 250 g/mol. The fourth-order valence-electron chi connectivity index (χ4n) is 4.74. The molecule has 2 unspecified atom stereocenters. The van der Waals surface area contributed by atoms with Crippen molar-refractivity contribution in [1.29, 1.82) is 0 Å². The van der Waals surface area contributed by atoms with Gasteiger partial charge in [-0.1, -0.05) is 71.4 Å². The van der Waals surface area contributed by atoms with Crippen molar-refractivity contribution in [2.24, 2.45) is 23.2 Å². The van der Waals surface area contributed by atoms with Crippen LogP contribution in [0.4, 0.5) is 0 Å². The van der Waals surface area contributed by atoms with E-state index in [0.29, 0.717) is 10.6 Å². The maximum absolute atomic E-state index is 2.59. The Morgan fingerprint density at radius 2 is 1.67 bits per heavy atom. The second kappa shape index (κ2) is 8.11. The highest BCUT2D eigenvalue weighted by Gasteiger charge is 2.44. The lowest BCUT2D eigenvalue weighted by molar-refractivity contribution is 0.123. The molecule has 1 fully saturated rings. The molecule has 21 heavy (non-hydrogen) atoms. The van der Waals surface area contributed by atoms with Crippen molar-refractivity contribution in [3.8, 4) is 0 Å². The summed E-state index contributed by atoms with van der Waals surface area (Å²) in [6, 6.07) is 0. The standard InChI is InChI=1S/C19H40B2/c1-6-8-9-11-18(5,10-7-2)19(20,21)16(4)14-17-12-15(3)13-17/h15-17H,6-14,20-21H2,1-5H3. The number of unbranched alkanes of at least 4 members (excludes halogenated alkanes) is 2. The van der Waals surface area contributed by atoms with Crippen LogP contribution >= 0.6 is 0 Å². The summed E-state index contributed by atoms with van der Waals surface area (Å²) >= 11 is 0. The van der Waals surface area contributed by atoms with Gasteiger partial charge in [-0.25, -0.2) is 0 Å². The third kappa shape index (κ3) is 4.80. The molecule has 0 spiro atoms. The molecule has 0 amide bonds. The van der Waals surface area contributed by atoms with Gasteiger partial charge in [0, 0.05) is 0 Å². The molecule has 122 valence electrons. The summed E-state index contributed by atoms with van der Waals surface area (Å²) in [5.74, 6) is 2.88. The average molecular weight is 290 g/mol. The SMILES string of the molecule is BC(B)(C(C)CC1CC(C)C1)C(C)(CCC)CCCCC. The molecule has 2 heteroatoms. The van der Waals surface area contributed by atoms with Gasteiger partial charge in [0.2, 0.25) is 0 Å². The van der Waals surface area contributed by atoms with Gasteiger partial charge in [0.15, 0.2) is 0 Å². The third-order valence-corrected chi connectivity index (χ3v) is 7.08. The van der Waals surface area contributed by atoms with Gasteiger partial charge in [-0.05, 0) is 49.4 Å². The predicted molar refractivity (Wildman–Crippen MR) is 103 cm³/mol. The van der Waals surface area contributed by atoms with E-state index in [9.17, 15) is 0 Å². The lowest BCUT2D eigenvalue weighted by atomic mass is 9.35. The third-order valence-electron chi connectivity index (χ3n) is 7.08. The molecule has 0 aromatic heterocycles. The highest BCUT2D eigenvalue weighted by molar-refractivity contribution is 6.40. The number of hydrogen-bond donors (Lipinski definition) is 0. The van der Waals surface area contributed by atoms with Crippen LogP contribution in [0.2, 0.25) is 5.21 Å². The van der Waals surface area contributed by atoms with Gasteiger partial charge in [-0.3, -0.25) is 0 Å².